The highest BCUT2D eigenvalue weighted by atomic mass is 35.5. The van der Waals surface area contributed by atoms with Crippen LogP contribution in [0.2, 0.25) is 5.02 Å². The van der Waals surface area contributed by atoms with Crippen molar-refractivity contribution in [3.8, 4) is 0 Å². The Hall–Kier alpha value is -1.47. The van der Waals surface area contributed by atoms with Gasteiger partial charge in [0, 0.05) is 26.2 Å². The molecule has 120 valence electrons. The summed E-state index contributed by atoms with van der Waals surface area (Å²) in [5.74, 6) is 0.760. The van der Waals surface area contributed by atoms with Gasteiger partial charge in [0.15, 0.2) is 0 Å². The van der Waals surface area contributed by atoms with Gasteiger partial charge < -0.3 is 15.1 Å². The van der Waals surface area contributed by atoms with Gasteiger partial charge in [0.05, 0.1) is 28.5 Å². The van der Waals surface area contributed by atoms with E-state index in [1.165, 1.54) is 0 Å². The third-order valence-corrected chi connectivity index (χ3v) is 4.24. The van der Waals surface area contributed by atoms with E-state index >= 15 is 0 Å². The first-order valence-electron chi connectivity index (χ1n) is 7.00. The number of piperazine rings is 1. The molecule has 0 amide bonds. The SMILES string of the molecule is CN1CCN(C2=Nc3cc(C(F)(F)F)cc(Cl)c3NC2)CC1. The molecular weight excluding hydrogens is 317 g/mol. The van der Waals surface area contributed by atoms with Crippen molar-refractivity contribution in [2.24, 2.45) is 4.99 Å². The van der Waals surface area contributed by atoms with Crippen molar-refractivity contribution in [3.05, 3.63) is 22.7 Å². The smallest absolute Gasteiger partial charge is 0.375 e. The average molecular weight is 333 g/mol. The van der Waals surface area contributed by atoms with Crippen molar-refractivity contribution in [3.63, 3.8) is 0 Å². The van der Waals surface area contributed by atoms with Crippen molar-refractivity contribution in [1.29, 1.82) is 0 Å². The highest BCUT2D eigenvalue weighted by Gasteiger charge is 2.33. The summed E-state index contributed by atoms with van der Waals surface area (Å²) in [5.41, 5.74) is -0.0611. The topological polar surface area (TPSA) is 30.9 Å². The van der Waals surface area contributed by atoms with Crippen LogP contribution in [0, 0.1) is 0 Å². The molecule has 2 heterocycles. The predicted octanol–water partition coefficient (Wildman–Crippen LogP) is 3.06. The summed E-state index contributed by atoms with van der Waals surface area (Å²) in [4.78, 5) is 8.72. The molecule has 1 aromatic carbocycles. The van der Waals surface area contributed by atoms with Crippen LogP contribution in [-0.4, -0.2) is 55.4 Å². The number of nitrogens with zero attached hydrogens (tertiary/aromatic N) is 3. The van der Waals surface area contributed by atoms with Gasteiger partial charge in [-0.15, -0.1) is 0 Å². The van der Waals surface area contributed by atoms with Gasteiger partial charge in [-0.1, -0.05) is 11.6 Å². The number of fused-ring (bicyclic) bond motifs is 1. The highest BCUT2D eigenvalue weighted by molar-refractivity contribution is 6.34. The van der Waals surface area contributed by atoms with Crippen LogP contribution in [0.5, 0.6) is 0 Å². The minimum absolute atomic E-state index is 0.0472. The Balaban J connectivity index is 1.92. The second-order valence-corrected chi connectivity index (χ2v) is 5.93. The van der Waals surface area contributed by atoms with E-state index in [0.717, 1.165) is 44.1 Å². The summed E-state index contributed by atoms with van der Waals surface area (Å²) in [5, 5.41) is 3.13. The number of halogens is 4. The van der Waals surface area contributed by atoms with Crippen LogP contribution < -0.4 is 5.32 Å². The summed E-state index contributed by atoms with van der Waals surface area (Å²) in [6.45, 7) is 3.93. The standard InChI is InChI=1S/C14H16ClF3N4/c1-21-2-4-22(5-3-21)12-8-19-13-10(15)6-9(14(16,17)18)7-11(13)20-12/h6-7,19H,2-5,8H2,1H3. The normalized spacial score (nSPS) is 19.5. The third-order valence-electron chi connectivity index (χ3n) is 3.94. The molecule has 0 aromatic heterocycles. The lowest BCUT2D eigenvalue weighted by Gasteiger charge is -2.36. The van der Waals surface area contributed by atoms with Crippen molar-refractivity contribution in [1.82, 2.24) is 9.80 Å². The van der Waals surface area contributed by atoms with Crippen LogP contribution in [0.15, 0.2) is 17.1 Å². The van der Waals surface area contributed by atoms with E-state index in [9.17, 15) is 13.2 Å². The fraction of sp³-hybridized carbons (Fsp3) is 0.500. The molecule has 2 aliphatic rings. The molecule has 0 atom stereocenters. The van der Waals surface area contributed by atoms with E-state index in [-0.39, 0.29) is 10.7 Å². The molecule has 0 bridgehead atoms. The Kier molecular flexibility index (Phi) is 3.94. The Labute approximate surface area is 131 Å². The lowest BCUT2D eigenvalue weighted by atomic mass is 10.1. The first kappa shape index (κ1) is 15.4. The van der Waals surface area contributed by atoms with Crippen molar-refractivity contribution in [2.75, 3.05) is 45.1 Å². The van der Waals surface area contributed by atoms with Crippen molar-refractivity contribution < 1.29 is 13.2 Å². The Morgan fingerprint density at radius 2 is 1.86 bits per heavy atom. The molecule has 4 nitrogen and oxygen atoms in total. The molecular formula is C14H16ClF3N4. The number of rotatable bonds is 0. The molecule has 0 saturated carbocycles. The van der Waals surface area contributed by atoms with Crippen LogP contribution in [0.3, 0.4) is 0 Å². The minimum Gasteiger partial charge on any atom is -0.375 e. The number of aliphatic imine (C=N–C) groups is 1. The number of alkyl halides is 3. The summed E-state index contributed by atoms with van der Waals surface area (Å²) in [6, 6.07) is 1.98. The maximum Gasteiger partial charge on any atom is 0.416 e. The van der Waals surface area contributed by atoms with Gasteiger partial charge in [-0.05, 0) is 19.2 Å². The average Bonchev–Trinajstić information content (AvgIpc) is 2.46. The zero-order valence-electron chi connectivity index (χ0n) is 12.0. The van der Waals surface area contributed by atoms with Gasteiger partial charge in [-0.2, -0.15) is 13.2 Å². The quantitative estimate of drug-likeness (QED) is 0.792. The fourth-order valence-electron chi connectivity index (χ4n) is 2.61. The Bertz CT molecular complexity index is 607. The maximum absolute atomic E-state index is 12.9. The largest absolute Gasteiger partial charge is 0.416 e. The van der Waals surface area contributed by atoms with E-state index in [4.69, 9.17) is 11.6 Å². The molecule has 0 radical (unpaired) electrons. The molecule has 1 saturated heterocycles. The fourth-order valence-corrected chi connectivity index (χ4v) is 2.89. The minimum atomic E-state index is -4.43. The van der Waals surface area contributed by atoms with E-state index in [2.05, 4.69) is 20.1 Å². The summed E-state index contributed by atoms with van der Waals surface area (Å²) in [6.07, 6.45) is -4.43. The van der Waals surface area contributed by atoms with Gasteiger partial charge in [0.1, 0.15) is 5.84 Å². The molecule has 8 heteroatoms. The van der Waals surface area contributed by atoms with E-state index in [1.54, 1.807) is 0 Å². The predicted molar refractivity (Wildman–Crippen MR) is 81.1 cm³/mol. The van der Waals surface area contributed by atoms with E-state index < -0.39 is 11.7 Å². The van der Waals surface area contributed by atoms with Crippen LogP contribution in [0.25, 0.3) is 0 Å². The Morgan fingerprint density at radius 1 is 1.18 bits per heavy atom. The van der Waals surface area contributed by atoms with Crippen LogP contribution >= 0.6 is 11.6 Å². The summed E-state index contributed by atoms with van der Waals surface area (Å²) < 4.78 is 38.7. The number of nitrogens with one attached hydrogen (secondary N) is 1. The zero-order valence-corrected chi connectivity index (χ0v) is 12.8. The monoisotopic (exact) mass is 332 g/mol. The van der Waals surface area contributed by atoms with Gasteiger partial charge in [-0.3, -0.25) is 0 Å². The molecule has 1 aromatic rings. The molecule has 3 rings (SSSR count). The molecule has 0 aliphatic carbocycles. The van der Waals surface area contributed by atoms with Gasteiger partial charge >= 0.3 is 6.18 Å². The molecule has 2 aliphatic heterocycles. The van der Waals surface area contributed by atoms with Gasteiger partial charge in [0.25, 0.3) is 0 Å². The molecule has 0 unspecified atom stereocenters. The maximum atomic E-state index is 12.9. The summed E-state index contributed by atoms with van der Waals surface area (Å²) >= 11 is 5.95. The van der Waals surface area contributed by atoms with E-state index in [0.29, 0.717) is 12.2 Å². The Morgan fingerprint density at radius 3 is 2.50 bits per heavy atom. The number of hydrogen-bond acceptors (Lipinski definition) is 4. The second kappa shape index (κ2) is 5.62. The van der Waals surface area contributed by atoms with Crippen molar-refractivity contribution in [2.45, 2.75) is 6.18 Å². The highest BCUT2D eigenvalue weighted by Crippen LogP contribution is 2.41. The van der Waals surface area contributed by atoms with Gasteiger partial charge in [0.2, 0.25) is 0 Å². The second-order valence-electron chi connectivity index (χ2n) is 5.52. The lowest BCUT2D eigenvalue weighted by molar-refractivity contribution is -0.137. The molecule has 0 spiro atoms. The first-order chi connectivity index (χ1) is 10.3. The molecule has 1 fully saturated rings. The first-order valence-corrected chi connectivity index (χ1v) is 7.38. The lowest BCUT2D eigenvalue weighted by Crippen LogP contribution is -2.49. The third kappa shape index (κ3) is 3.01. The van der Waals surface area contributed by atoms with Crippen molar-refractivity contribution >= 4 is 28.8 Å². The van der Waals surface area contributed by atoms with Gasteiger partial charge in [-0.25, -0.2) is 4.99 Å². The number of anilines is 1. The number of likely N-dealkylation sites (N-methyl/N-ethyl adjacent to an activating group) is 1. The number of amidine groups is 1. The van der Waals surface area contributed by atoms with E-state index in [1.807, 2.05) is 7.05 Å². The zero-order chi connectivity index (χ0) is 15.9. The molecule has 1 N–H and O–H groups in total. The number of benzene rings is 1. The summed E-state index contributed by atoms with van der Waals surface area (Å²) in [7, 11) is 2.04. The van der Waals surface area contributed by atoms with Crippen LogP contribution in [-0.2, 0) is 6.18 Å². The van der Waals surface area contributed by atoms with Crippen LogP contribution in [0.1, 0.15) is 5.56 Å². The number of hydrogen-bond donors (Lipinski definition) is 1. The molecule has 22 heavy (non-hydrogen) atoms. The van der Waals surface area contributed by atoms with Crippen LogP contribution in [0.4, 0.5) is 24.5 Å².